The molecule has 4 aromatic carbocycles. The molecule has 0 aromatic heterocycles. The molecule has 0 radical (unpaired) electrons. The fourth-order valence-electron chi connectivity index (χ4n) is 14.3. The van der Waals surface area contributed by atoms with E-state index in [2.05, 4.69) is 104 Å². The maximum absolute atomic E-state index is 14.6. The Balaban J connectivity index is 1.13. The second kappa shape index (κ2) is 19.3. The van der Waals surface area contributed by atoms with Crippen molar-refractivity contribution in [2.24, 2.45) is 11.8 Å². The van der Waals surface area contributed by atoms with Crippen LogP contribution < -0.4 is 0 Å². The van der Waals surface area contributed by atoms with E-state index in [1.54, 1.807) is 0 Å². The number of hydrogen-bond donors (Lipinski definition) is 0. The van der Waals surface area contributed by atoms with Crippen molar-refractivity contribution in [2.45, 2.75) is 173 Å². The van der Waals surface area contributed by atoms with E-state index in [-0.39, 0.29) is 13.3 Å². The molecular formula is C58H70Cl2F3SiZr. The molecule has 4 aromatic rings. The Labute approximate surface area is 397 Å². The van der Waals surface area contributed by atoms with Crippen LogP contribution in [-0.2, 0) is 15.6 Å². The summed E-state index contributed by atoms with van der Waals surface area (Å²) in [6, 6.07) is 32.3. The van der Waals surface area contributed by atoms with Crippen LogP contribution in [0.5, 0.6) is 0 Å². The molecular weight excluding hydrogens is 944 g/mol. The molecule has 0 N–H and O–H groups in total. The summed E-state index contributed by atoms with van der Waals surface area (Å²) in [6.45, 7) is 2.18. The number of alkyl halides is 3. The van der Waals surface area contributed by atoms with E-state index in [4.69, 9.17) is 17.0 Å². The van der Waals surface area contributed by atoms with Crippen LogP contribution in [0.3, 0.4) is 0 Å². The molecule has 4 fully saturated rings. The zero-order valence-electron chi connectivity index (χ0n) is 38.7. The summed E-state index contributed by atoms with van der Waals surface area (Å²) >= 11 is -5.66. The molecule has 0 spiro atoms. The van der Waals surface area contributed by atoms with Crippen molar-refractivity contribution < 1.29 is 28.7 Å². The van der Waals surface area contributed by atoms with Gasteiger partial charge in [-0.15, -0.1) is 0 Å². The second-order valence-corrected chi connectivity index (χ2v) is 63.2. The fraction of sp³-hybridized carbons (Fsp3) is 0.517. The molecule has 3 unspecified atom stereocenters. The first-order valence-corrected chi connectivity index (χ1v) is 41.9. The monoisotopic (exact) mass is 1010 g/mol. The van der Waals surface area contributed by atoms with Gasteiger partial charge in [-0.25, -0.2) is 0 Å². The normalized spacial score (nSPS) is 23.5. The van der Waals surface area contributed by atoms with Crippen molar-refractivity contribution in [1.82, 2.24) is 0 Å². The molecule has 4 saturated carbocycles. The van der Waals surface area contributed by atoms with Gasteiger partial charge in [-0.2, -0.15) is 0 Å². The molecule has 345 valence electrons. The van der Waals surface area contributed by atoms with E-state index >= 15 is 0 Å². The Bertz CT molecular complexity index is 2220. The molecule has 10 rings (SSSR count). The molecule has 0 aliphatic heterocycles. The zero-order chi connectivity index (χ0) is 44.8. The summed E-state index contributed by atoms with van der Waals surface area (Å²) in [6.07, 6.45) is 24.4. The van der Waals surface area contributed by atoms with Gasteiger partial charge in [-0.05, 0) is 0 Å². The molecule has 6 aliphatic carbocycles. The molecule has 65 heavy (non-hydrogen) atoms. The van der Waals surface area contributed by atoms with E-state index in [0.29, 0.717) is 23.7 Å². The van der Waals surface area contributed by atoms with Crippen LogP contribution in [0, 0.1) is 11.8 Å². The molecule has 0 saturated heterocycles. The van der Waals surface area contributed by atoms with Gasteiger partial charge >= 0.3 is 400 Å². The van der Waals surface area contributed by atoms with Crippen molar-refractivity contribution in [1.29, 1.82) is 0 Å². The van der Waals surface area contributed by atoms with Gasteiger partial charge in [0.05, 0.1) is 0 Å². The molecule has 3 atom stereocenters. The quantitative estimate of drug-likeness (QED) is 0.117. The number of benzene rings is 4. The first-order chi connectivity index (χ1) is 31.4. The van der Waals surface area contributed by atoms with Gasteiger partial charge in [0.15, 0.2) is 0 Å². The first-order valence-electron chi connectivity index (χ1n) is 26.0. The van der Waals surface area contributed by atoms with Crippen molar-refractivity contribution in [2.75, 3.05) is 0 Å². The Hall–Kier alpha value is -2.17. The first kappa shape index (κ1) is 46.6. The minimum absolute atomic E-state index is 0.0808. The summed E-state index contributed by atoms with van der Waals surface area (Å²) < 4.78 is 43.2. The van der Waals surface area contributed by atoms with E-state index in [1.165, 1.54) is 182 Å². The van der Waals surface area contributed by atoms with Crippen LogP contribution in [0.1, 0.15) is 187 Å². The standard InChI is InChI=1S/2C27H31.C4H8F3Si.2ClH.Zr/c2*1-2-9-22(10-3-1)23-13-15-24(16-14-23)26-12-6-11-25-18-21(19-27(25)26)17-20-7-4-5-8-20;1-8-3-2-4(5,6)7;;;/h2*6,11-16,18-20,22H,1-5,7-10,17H2;8H,2-3H2,1H3;2*1H;/q;;;;;+2/p-2. The van der Waals surface area contributed by atoms with E-state index in [0.717, 1.165) is 12.8 Å². The number of hydrogen-bond acceptors (Lipinski definition) is 0. The van der Waals surface area contributed by atoms with Crippen molar-refractivity contribution in [3.63, 3.8) is 0 Å². The molecule has 6 aliphatic rings. The Morgan fingerprint density at radius 2 is 0.908 bits per heavy atom. The van der Waals surface area contributed by atoms with Gasteiger partial charge in [0.1, 0.15) is 0 Å². The third-order valence-corrected chi connectivity index (χ3v) is 68.0. The van der Waals surface area contributed by atoms with Gasteiger partial charge in [0.2, 0.25) is 0 Å². The van der Waals surface area contributed by atoms with Gasteiger partial charge in [-0.1, -0.05) is 0 Å². The number of allylic oxidation sites excluding steroid dienone is 2. The number of halogens is 5. The molecule has 0 bridgehead atoms. The molecule has 7 heteroatoms. The van der Waals surface area contributed by atoms with Crippen molar-refractivity contribution >= 4 is 35.1 Å². The van der Waals surface area contributed by atoms with E-state index in [9.17, 15) is 13.2 Å². The van der Waals surface area contributed by atoms with Gasteiger partial charge in [0, 0.05) is 0 Å². The molecule has 0 nitrogen and oxygen atoms in total. The third kappa shape index (κ3) is 9.35. The van der Waals surface area contributed by atoms with Gasteiger partial charge in [-0.3, -0.25) is 0 Å². The second-order valence-electron chi connectivity index (χ2n) is 21.8. The summed E-state index contributed by atoms with van der Waals surface area (Å²) in [5.41, 5.74) is 15.1. The SMILES string of the molecule is C[SiH](CCC(F)(F)F)[Zr]([Cl])([Cl])([CH]1C(CC2CCCC2)=Cc2c(-c3ccc(C4CCCCC4)cc3)cccc21)[CH]1C(CC2CCCC2)=Cc2c(-c3ccc(C4CCCCC4)cc3)cccc21. The maximum atomic E-state index is 14.6. The summed E-state index contributed by atoms with van der Waals surface area (Å²) in [4.78, 5) is 0. The zero-order valence-corrected chi connectivity index (χ0v) is 43.8. The van der Waals surface area contributed by atoms with E-state index < -0.39 is 34.1 Å². The Morgan fingerprint density at radius 1 is 0.523 bits per heavy atom. The van der Waals surface area contributed by atoms with Crippen LogP contribution in [0.15, 0.2) is 96.1 Å². The van der Waals surface area contributed by atoms with Crippen LogP contribution in [0.2, 0.25) is 12.6 Å². The molecule has 0 heterocycles. The summed E-state index contributed by atoms with van der Waals surface area (Å²) in [7, 11) is 18.2. The van der Waals surface area contributed by atoms with Gasteiger partial charge in [0.25, 0.3) is 0 Å². The van der Waals surface area contributed by atoms with Crippen LogP contribution in [0.4, 0.5) is 13.2 Å². The van der Waals surface area contributed by atoms with Crippen molar-refractivity contribution in [3.8, 4) is 22.3 Å². The molecule has 0 amide bonds. The topological polar surface area (TPSA) is 0 Å². The summed E-state index contributed by atoms with van der Waals surface area (Å²) in [5.74, 6) is -0.174. The Kier molecular flexibility index (Phi) is 13.8. The fourth-order valence-corrected chi connectivity index (χ4v) is 54.4. The average Bonchev–Trinajstić information content (AvgIpc) is 4.17. The Morgan fingerprint density at radius 3 is 1.29 bits per heavy atom. The predicted octanol–water partition coefficient (Wildman–Crippen LogP) is 19.2. The average molecular weight is 1010 g/mol. The third-order valence-electron chi connectivity index (χ3n) is 17.8. The van der Waals surface area contributed by atoms with E-state index in [1.807, 2.05) is 0 Å². The summed E-state index contributed by atoms with van der Waals surface area (Å²) in [5, 5.41) is 0. The number of rotatable bonds is 13. The number of fused-ring (bicyclic) bond motifs is 2. The van der Waals surface area contributed by atoms with Crippen molar-refractivity contribution in [3.05, 3.63) is 129 Å². The van der Waals surface area contributed by atoms with Crippen LogP contribution in [-0.4, -0.2) is 12.1 Å². The van der Waals surface area contributed by atoms with Gasteiger partial charge < -0.3 is 0 Å². The van der Waals surface area contributed by atoms with Crippen LogP contribution >= 0.6 is 17.0 Å². The minimum atomic E-state index is -5.66. The predicted molar refractivity (Wildman–Crippen MR) is 270 cm³/mol. The van der Waals surface area contributed by atoms with Crippen LogP contribution in [0.25, 0.3) is 34.4 Å².